The van der Waals surface area contributed by atoms with Crippen LogP contribution in [0.25, 0.3) is 0 Å². The smallest absolute Gasteiger partial charge is 0.192 e. The SMILES string of the molecule is NC1=NCC(c2ccc(Br)cc2)N1Cc1ccccc1. The quantitative estimate of drug-likeness (QED) is 0.938. The highest BCUT2D eigenvalue weighted by Gasteiger charge is 2.27. The van der Waals surface area contributed by atoms with Gasteiger partial charge in [-0.3, -0.25) is 4.99 Å². The molecule has 2 aromatic carbocycles. The molecule has 1 aliphatic rings. The molecule has 1 heterocycles. The zero-order chi connectivity index (χ0) is 13.9. The first kappa shape index (κ1) is 13.2. The van der Waals surface area contributed by atoms with Crippen LogP contribution < -0.4 is 5.73 Å². The van der Waals surface area contributed by atoms with Crippen molar-refractivity contribution in [2.45, 2.75) is 12.6 Å². The molecular weight excluding hydrogens is 314 g/mol. The van der Waals surface area contributed by atoms with Crippen molar-refractivity contribution in [1.29, 1.82) is 0 Å². The van der Waals surface area contributed by atoms with Crippen molar-refractivity contribution in [2.75, 3.05) is 6.54 Å². The molecule has 0 bridgehead atoms. The minimum absolute atomic E-state index is 0.225. The number of benzene rings is 2. The van der Waals surface area contributed by atoms with Crippen LogP contribution in [0.4, 0.5) is 0 Å². The van der Waals surface area contributed by atoms with Crippen molar-refractivity contribution in [3.8, 4) is 0 Å². The van der Waals surface area contributed by atoms with E-state index in [9.17, 15) is 0 Å². The molecule has 2 aromatic rings. The molecule has 4 heteroatoms. The van der Waals surface area contributed by atoms with E-state index in [0.717, 1.165) is 17.6 Å². The number of guanidine groups is 1. The van der Waals surface area contributed by atoms with Crippen molar-refractivity contribution in [3.63, 3.8) is 0 Å². The third-order valence-electron chi connectivity index (χ3n) is 3.55. The Bertz CT molecular complexity index is 607. The summed E-state index contributed by atoms with van der Waals surface area (Å²) >= 11 is 3.47. The fourth-order valence-electron chi connectivity index (χ4n) is 2.47. The lowest BCUT2D eigenvalue weighted by Gasteiger charge is -2.26. The zero-order valence-electron chi connectivity index (χ0n) is 11.0. The van der Waals surface area contributed by atoms with E-state index in [1.165, 1.54) is 11.1 Å². The van der Waals surface area contributed by atoms with Crippen LogP contribution >= 0.6 is 15.9 Å². The van der Waals surface area contributed by atoms with Gasteiger partial charge < -0.3 is 10.6 Å². The molecule has 3 rings (SSSR count). The van der Waals surface area contributed by atoms with Gasteiger partial charge in [-0.25, -0.2) is 0 Å². The molecule has 0 radical (unpaired) electrons. The predicted octanol–water partition coefficient (Wildman–Crippen LogP) is 3.32. The molecule has 0 saturated carbocycles. The molecule has 0 aromatic heterocycles. The van der Waals surface area contributed by atoms with E-state index in [-0.39, 0.29) is 6.04 Å². The van der Waals surface area contributed by atoms with Crippen LogP contribution in [0.3, 0.4) is 0 Å². The average molecular weight is 330 g/mol. The van der Waals surface area contributed by atoms with Crippen LogP contribution in [0.1, 0.15) is 17.2 Å². The molecular formula is C16H16BrN3. The lowest BCUT2D eigenvalue weighted by molar-refractivity contribution is 0.340. The predicted molar refractivity (Wildman–Crippen MR) is 85.4 cm³/mol. The van der Waals surface area contributed by atoms with Gasteiger partial charge >= 0.3 is 0 Å². The Balaban J connectivity index is 1.83. The number of aliphatic imine (C=N–C) groups is 1. The van der Waals surface area contributed by atoms with Gasteiger partial charge in [0.05, 0.1) is 12.6 Å². The van der Waals surface area contributed by atoms with Gasteiger partial charge in [0.2, 0.25) is 0 Å². The average Bonchev–Trinajstić information content (AvgIpc) is 2.83. The minimum Gasteiger partial charge on any atom is -0.370 e. The van der Waals surface area contributed by atoms with Gasteiger partial charge in [0.1, 0.15) is 0 Å². The highest BCUT2D eigenvalue weighted by Crippen LogP contribution is 2.28. The van der Waals surface area contributed by atoms with Gasteiger partial charge in [-0.15, -0.1) is 0 Å². The highest BCUT2D eigenvalue weighted by atomic mass is 79.9. The van der Waals surface area contributed by atoms with Gasteiger partial charge in [-0.05, 0) is 23.3 Å². The third-order valence-corrected chi connectivity index (χ3v) is 4.08. The van der Waals surface area contributed by atoms with Crippen LogP contribution in [-0.2, 0) is 6.54 Å². The standard InChI is InChI=1S/C16H16BrN3/c17-14-8-6-13(7-9-14)15-10-19-16(18)20(15)11-12-4-2-1-3-5-12/h1-9,15H,10-11H2,(H2,18,19). The Kier molecular flexibility index (Phi) is 3.74. The number of rotatable bonds is 3. The lowest BCUT2D eigenvalue weighted by atomic mass is 10.1. The van der Waals surface area contributed by atoms with E-state index in [2.05, 4.69) is 62.2 Å². The molecule has 0 fully saturated rings. The molecule has 0 saturated heterocycles. The molecule has 0 spiro atoms. The molecule has 3 nitrogen and oxygen atoms in total. The first-order chi connectivity index (χ1) is 9.74. The Morgan fingerprint density at radius 1 is 1.10 bits per heavy atom. The zero-order valence-corrected chi connectivity index (χ0v) is 12.6. The first-order valence-electron chi connectivity index (χ1n) is 6.60. The van der Waals surface area contributed by atoms with Crippen LogP contribution in [0.15, 0.2) is 64.1 Å². The Morgan fingerprint density at radius 3 is 2.50 bits per heavy atom. The van der Waals surface area contributed by atoms with E-state index in [4.69, 9.17) is 5.73 Å². The van der Waals surface area contributed by atoms with E-state index < -0.39 is 0 Å². The van der Waals surface area contributed by atoms with E-state index in [1.54, 1.807) is 0 Å². The second-order valence-corrected chi connectivity index (χ2v) is 5.80. The maximum atomic E-state index is 6.05. The number of nitrogens with zero attached hydrogens (tertiary/aromatic N) is 2. The van der Waals surface area contributed by atoms with Crippen LogP contribution in [-0.4, -0.2) is 17.4 Å². The first-order valence-corrected chi connectivity index (χ1v) is 7.39. The Hall–Kier alpha value is -1.81. The van der Waals surface area contributed by atoms with Gasteiger partial charge in [0, 0.05) is 11.0 Å². The number of hydrogen-bond donors (Lipinski definition) is 1. The Labute approximate surface area is 127 Å². The minimum atomic E-state index is 0.225. The van der Waals surface area contributed by atoms with E-state index in [0.29, 0.717) is 5.96 Å². The lowest BCUT2D eigenvalue weighted by Crippen LogP contribution is -2.35. The van der Waals surface area contributed by atoms with E-state index in [1.807, 2.05) is 18.2 Å². The van der Waals surface area contributed by atoms with Crippen LogP contribution in [0, 0.1) is 0 Å². The molecule has 1 atom stereocenters. The summed E-state index contributed by atoms with van der Waals surface area (Å²) in [5, 5.41) is 0. The summed E-state index contributed by atoms with van der Waals surface area (Å²) in [7, 11) is 0. The maximum Gasteiger partial charge on any atom is 0.192 e. The summed E-state index contributed by atoms with van der Waals surface area (Å²) in [5.74, 6) is 0.627. The number of nitrogens with two attached hydrogens (primary N) is 1. The fourth-order valence-corrected chi connectivity index (χ4v) is 2.73. The van der Waals surface area contributed by atoms with Crippen molar-refractivity contribution in [1.82, 2.24) is 4.90 Å². The molecule has 0 aliphatic carbocycles. The van der Waals surface area contributed by atoms with Crippen LogP contribution in [0.2, 0.25) is 0 Å². The highest BCUT2D eigenvalue weighted by molar-refractivity contribution is 9.10. The molecule has 102 valence electrons. The number of hydrogen-bond acceptors (Lipinski definition) is 3. The molecule has 1 aliphatic heterocycles. The largest absolute Gasteiger partial charge is 0.370 e. The third kappa shape index (κ3) is 2.70. The van der Waals surface area contributed by atoms with Crippen molar-refractivity contribution >= 4 is 21.9 Å². The van der Waals surface area contributed by atoms with Crippen molar-refractivity contribution < 1.29 is 0 Å². The summed E-state index contributed by atoms with van der Waals surface area (Å²) in [5.41, 5.74) is 8.54. The fraction of sp³-hybridized carbons (Fsp3) is 0.188. The van der Waals surface area contributed by atoms with Crippen LogP contribution in [0.5, 0.6) is 0 Å². The summed E-state index contributed by atoms with van der Waals surface area (Å²) in [6, 6.07) is 19.0. The van der Waals surface area contributed by atoms with Crippen molar-refractivity contribution in [2.24, 2.45) is 10.7 Å². The van der Waals surface area contributed by atoms with Gasteiger partial charge in [0.15, 0.2) is 5.96 Å². The second kappa shape index (κ2) is 5.67. The Morgan fingerprint density at radius 2 is 1.80 bits per heavy atom. The normalized spacial score (nSPS) is 18.1. The summed E-state index contributed by atoms with van der Waals surface area (Å²) in [6.45, 7) is 1.51. The summed E-state index contributed by atoms with van der Waals surface area (Å²) in [4.78, 5) is 6.57. The molecule has 2 N–H and O–H groups in total. The van der Waals surface area contributed by atoms with Gasteiger partial charge in [-0.1, -0.05) is 58.4 Å². The summed E-state index contributed by atoms with van der Waals surface area (Å²) in [6.07, 6.45) is 0. The van der Waals surface area contributed by atoms with Gasteiger partial charge in [0.25, 0.3) is 0 Å². The monoisotopic (exact) mass is 329 g/mol. The summed E-state index contributed by atoms with van der Waals surface area (Å²) < 4.78 is 1.09. The molecule has 0 amide bonds. The van der Waals surface area contributed by atoms with Gasteiger partial charge in [-0.2, -0.15) is 0 Å². The van der Waals surface area contributed by atoms with E-state index >= 15 is 0 Å². The maximum absolute atomic E-state index is 6.05. The molecule has 1 unspecified atom stereocenters. The molecule has 20 heavy (non-hydrogen) atoms. The second-order valence-electron chi connectivity index (χ2n) is 4.88. The van der Waals surface area contributed by atoms with Crippen molar-refractivity contribution in [3.05, 3.63) is 70.2 Å². The topological polar surface area (TPSA) is 41.6 Å². The number of halogens is 1.